The standard InChI is InChI=1S/C12H21N3O4S/c1-9-11(10(2)15(13-9)5-6-16)20(17,18)14-12(3)4-7-19-8-12/h14,16H,4-8H2,1-3H3. The first-order valence-electron chi connectivity index (χ1n) is 6.56. The number of hydrogen-bond donors (Lipinski definition) is 2. The first-order chi connectivity index (χ1) is 9.29. The van der Waals surface area contributed by atoms with Gasteiger partial charge in [-0.2, -0.15) is 5.10 Å². The second kappa shape index (κ2) is 5.44. The smallest absolute Gasteiger partial charge is 0.244 e. The minimum Gasteiger partial charge on any atom is -0.394 e. The van der Waals surface area contributed by atoms with Gasteiger partial charge in [-0.1, -0.05) is 0 Å². The molecule has 1 aromatic heterocycles. The molecule has 2 rings (SSSR count). The molecule has 0 spiro atoms. The molecule has 2 heterocycles. The van der Waals surface area contributed by atoms with Gasteiger partial charge in [-0.15, -0.1) is 0 Å². The first-order valence-corrected chi connectivity index (χ1v) is 8.04. The van der Waals surface area contributed by atoms with Gasteiger partial charge >= 0.3 is 0 Å². The van der Waals surface area contributed by atoms with Crippen molar-refractivity contribution in [3.8, 4) is 0 Å². The van der Waals surface area contributed by atoms with Crippen molar-refractivity contribution in [1.82, 2.24) is 14.5 Å². The molecule has 1 atom stereocenters. The molecule has 1 fully saturated rings. The van der Waals surface area contributed by atoms with Crippen molar-refractivity contribution >= 4 is 10.0 Å². The Labute approximate surface area is 119 Å². The number of rotatable bonds is 5. The van der Waals surface area contributed by atoms with Crippen molar-refractivity contribution in [3.63, 3.8) is 0 Å². The topological polar surface area (TPSA) is 93.5 Å². The zero-order chi connectivity index (χ0) is 15.0. The van der Waals surface area contributed by atoms with Gasteiger partial charge in [0.1, 0.15) is 4.90 Å². The lowest BCUT2D eigenvalue weighted by Crippen LogP contribution is -2.46. The second-order valence-corrected chi connectivity index (χ2v) is 7.03. The second-order valence-electron chi connectivity index (χ2n) is 5.42. The lowest BCUT2D eigenvalue weighted by molar-refractivity contribution is 0.178. The van der Waals surface area contributed by atoms with E-state index in [2.05, 4.69) is 9.82 Å². The average Bonchev–Trinajstić information content (AvgIpc) is 2.84. The number of hydrogen-bond acceptors (Lipinski definition) is 5. The summed E-state index contributed by atoms with van der Waals surface area (Å²) in [7, 11) is -3.66. The average molecular weight is 303 g/mol. The van der Waals surface area contributed by atoms with Gasteiger partial charge in [0.25, 0.3) is 0 Å². The summed E-state index contributed by atoms with van der Waals surface area (Å²) in [6, 6.07) is 0. The minimum absolute atomic E-state index is 0.0829. The number of sulfonamides is 1. The number of aliphatic hydroxyl groups excluding tert-OH is 1. The van der Waals surface area contributed by atoms with Crippen LogP contribution in [0, 0.1) is 13.8 Å². The quantitative estimate of drug-likeness (QED) is 0.795. The summed E-state index contributed by atoms with van der Waals surface area (Å²) in [5, 5.41) is 13.1. The summed E-state index contributed by atoms with van der Waals surface area (Å²) in [5.74, 6) is 0. The van der Waals surface area contributed by atoms with E-state index in [-0.39, 0.29) is 18.0 Å². The van der Waals surface area contributed by atoms with Crippen LogP contribution in [-0.2, 0) is 21.3 Å². The highest BCUT2D eigenvalue weighted by Crippen LogP contribution is 2.24. The summed E-state index contributed by atoms with van der Waals surface area (Å²) in [6.45, 7) is 6.31. The first kappa shape index (κ1) is 15.4. The number of ether oxygens (including phenoxy) is 1. The molecule has 0 bridgehead atoms. The van der Waals surface area contributed by atoms with Crippen LogP contribution in [0.3, 0.4) is 0 Å². The van der Waals surface area contributed by atoms with Gasteiger partial charge in [0, 0.05) is 6.61 Å². The third kappa shape index (κ3) is 2.88. The van der Waals surface area contributed by atoms with Crippen LogP contribution in [0.25, 0.3) is 0 Å². The Kier molecular flexibility index (Phi) is 4.19. The van der Waals surface area contributed by atoms with Crippen molar-refractivity contribution in [2.75, 3.05) is 19.8 Å². The predicted octanol–water partition coefficient (Wildman–Crippen LogP) is -0.0505. The third-order valence-corrected chi connectivity index (χ3v) is 5.39. The number of aliphatic hydroxyl groups is 1. The van der Waals surface area contributed by atoms with Crippen molar-refractivity contribution in [3.05, 3.63) is 11.4 Å². The van der Waals surface area contributed by atoms with Gasteiger partial charge < -0.3 is 9.84 Å². The molecule has 1 saturated heterocycles. The van der Waals surface area contributed by atoms with E-state index in [1.54, 1.807) is 13.8 Å². The normalized spacial score (nSPS) is 23.4. The summed E-state index contributed by atoms with van der Waals surface area (Å²) in [6.07, 6.45) is 0.648. The highest BCUT2D eigenvalue weighted by molar-refractivity contribution is 7.89. The van der Waals surface area contributed by atoms with Crippen molar-refractivity contribution in [2.45, 2.75) is 44.2 Å². The Morgan fingerprint density at radius 2 is 2.20 bits per heavy atom. The van der Waals surface area contributed by atoms with Crippen molar-refractivity contribution in [2.24, 2.45) is 0 Å². The number of nitrogens with one attached hydrogen (secondary N) is 1. The minimum atomic E-state index is -3.66. The molecule has 8 heteroatoms. The van der Waals surface area contributed by atoms with Crippen LogP contribution in [0.4, 0.5) is 0 Å². The van der Waals surface area contributed by atoms with Crippen LogP contribution >= 0.6 is 0 Å². The van der Waals surface area contributed by atoms with Gasteiger partial charge in [-0.3, -0.25) is 4.68 Å². The van der Waals surface area contributed by atoms with Gasteiger partial charge in [-0.25, -0.2) is 13.1 Å². The predicted molar refractivity (Wildman–Crippen MR) is 72.9 cm³/mol. The molecule has 0 aliphatic carbocycles. The van der Waals surface area contributed by atoms with Crippen LogP contribution in [0.15, 0.2) is 4.90 Å². The molecule has 0 aromatic carbocycles. The highest BCUT2D eigenvalue weighted by atomic mass is 32.2. The zero-order valence-corrected chi connectivity index (χ0v) is 12.8. The number of aromatic nitrogens is 2. The molecule has 1 aliphatic heterocycles. The number of nitrogens with zero attached hydrogens (tertiary/aromatic N) is 2. The fourth-order valence-corrected chi connectivity index (χ4v) is 4.34. The van der Waals surface area contributed by atoms with Crippen LogP contribution in [0.5, 0.6) is 0 Å². The lowest BCUT2D eigenvalue weighted by Gasteiger charge is -2.23. The van der Waals surface area contributed by atoms with E-state index in [9.17, 15) is 8.42 Å². The summed E-state index contributed by atoms with van der Waals surface area (Å²) >= 11 is 0. The Balaban J connectivity index is 2.34. The molecule has 7 nitrogen and oxygen atoms in total. The van der Waals surface area contributed by atoms with Gasteiger partial charge in [0.05, 0.1) is 36.7 Å². The Morgan fingerprint density at radius 1 is 1.50 bits per heavy atom. The maximum Gasteiger partial charge on any atom is 0.244 e. The van der Waals surface area contributed by atoms with Crippen LogP contribution in [0.1, 0.15) is 24.7 Å². The largest absolute Gasteiger partial charge is 0.394 e. The van der Waals surface area contributed by atoms with Crippen LogP contribution in [-0.4, -0.2) is 48.7 Å². The van der Waals surface area contributed by atoms with Crippen molar-refractivity contribution < 1.29 is 18.3 Å². The fourth-order valence-electron chi connectivity index (χ4n) is 2.50. The lowest BCUT2D eigenvalue weighted by atomic mass is 10.0. The molecule has 0 saturated carbocycles. The SMILES string of the molecule is Cc1nn(CCO)c(C)c1S(=O)(=O)NC1(C)CCOC1. The highest BCUT2D eigenvalue weighted by Gasteiger charge is 2.36. The number of aryl methyl sites for hydroxylation is 1. The van der Waals surface area contributed by atoms with E-state index < -0.39 is 15.6 Å². The molecular weight excluding hydrogens is 282 g/mol. The maximum absolute atomic E-state index is 12.6. The Hall–Kier alpha value is -0.960. The van der Waals surface area contributed by atoms with E-state index >= 15 is 0 Å². The molecule has 20 heavy (non-hydrogen) atoms. The van der Waals surface area contributed by atoms with E-state index in [0.29, 0.717) is 31.0 Å². The monoisotopic (exact) mass is 303 g/mol. The molecule has 114 valence electrons. The maximum atomic E-state index is 12.6. The van der Waals surface area contributed by atoms with Crippen LogP contribution in [0.2, 0.25) is 0 Å². The molecule has 1 aliphatic rings. The summed E-state index contributed by atoms with van der Waals surface area (Å²) in [5.41, 5.74) is 0.397. The third-order valence-electron chi connectivity index (χ3n) is 3.50. The van der Waals surface area contributed by atoms with E-state index in [0.717, 1.165) is 0 Å². The Morgan fingerprint density at radius 3 is 2.75 bits per heavy atom. The van der Waals surface area contributed by atoms with Crippen molar-refractivity contribution in [1.29, 1.82) is 0 Å². The summed E-state index contributed by atoms with van der Waals surface area (Å²) in [4.78, 5) is 0.194. The summed E-state index contributed by atoms with van der Waals surface area (Å²) < 4.78 is 34.6. The van der Waals surface area contributed by atoms with Gasteiger partial charge in [0.15, 0.2) is 0 Å². The molecule has 0 amide bonds. The Bertz CT molecular complexity index is 588. The molecule has 1 aromatic rings. The molecular formula is C12H21N3O4S. The van der Waals surface area contributed by atoms with Gasteiger partial charge in [-0.05, 0) is 27.2 Å². The van der Waals surface area contributed by atoms with E-state index in [1.165, 1.54) is 4.68 Å². The molecule has 2 N–H and O–H groups in total. The molecule has 0 radical (unpaired) electrons. The van der Waals surface area contributed by atoms with E-state index in [4.69, 9.17) is 9.84 Å². The van der Waals surface area contributed by atoms with Gasteiger partial charge in [0.2, 0.25) is 10.0 Å². The van der Waals surface area contributed by atoms with Crippen LogP contribution < -0.4 is 4.72 Å². The zero-order valence-electron chi connectivity index (χ0n) is 12.0. The molecule has 1 unspecified atom stereocenters. The van der Waals surface area contributed by atoms with E-state index in [1.807, 2.05) is 6.92 Å². The fraction of sp³-hybridized carbons (Fsp3) is 0.750.